The van der Waals surface area contributed by atoms with Gasteiger partial charge in [-0.25, -0.2) is 0 Å². The molecule has 0 saturated carbocycles. The van der Waals surface area contributed by atoms with Crippen LogP contribution in [0, 0.1) is 0 Å². The van der Waals surface area contributed by atoms with E-state index in [1.54, 1.807) is 0 Å². The van der Waals surface area contributed by atoms with Crippen LogP contribution in [0.1, 0.15) is 31.7 Å². The summed E-state index contributed by atoms with van der Waals surface area (Å²) >= 11 is 0. The Morgan fingerprint density at radius 2 is 1.75 bits per heavy atom. The molecule has 20 heavy (non-hydrogen) atoms. The van der Waals surface area contributed by atoms with Crippen LogP contribution >= 0.6 is 0 Å². The Morgan fingerprint density at radius 3 is 2.50 bits per heavy atom. The fourth-order valence-corrected chi connectivity index (χ4v) is 2.75. The SMILES string of the molecule is CC(C)c1ccc(N2CCCNc3ccccc32)cc1. The molecule has 104 valence electrons. The van der Waals surface area contributed by atoms with E-state index in [2.05, 4.69) is 72.6 Å². The molecule has 2 aromatic rings. The molecule has 2 heteroatoms. The first-order chi connectivity index (χ1) is 9.75. The van der Waals surface area contributed by atoms with Gasteiger partial charge in [0.15, 0.2) is 0 Å². The number of rotatable bonds is 2. The number of anilines is 3. The summed E-state index contributed by atoms with van der Waals surface area (Å²) in [6.07, 6.45) is 1.15. The van der Waals surface area contributed by atoms with Crippen molar-refractivity contribution in [2.75, 3.05) is 23.3 Å². The fraction of sp³-hybridized carbons (Fsp3) is 0.333. The van der Waals surface area contributed by atoms with E-state index in [4.69, 9.17) is 0 Å². The van der Waals surface area contributed by atoms with Crippen molar-refractivity contribution in [3.63, 3.8) is 0 Å². The van der Waals surface area contributed by atoms with Crippen LogP contribution < -0.4 is 10.2 Å². The Labute approximate surface area is 121 Å². The van der Waals surface area contributed by atoms with Gasteiger partial charge in [-0.15, -0.1) is 0 Å². The van der Waals surface area contributed by atoms with E-state index in [1.165, 1.54) is 22.6 Å². The molecule has 0 radical (unpaired) electrons. The topological polar surface area (TPSA) is 15.3 Å². The third-order valence-corrected chi connectivity index (χ3v) is 3.94. The van der Waals surface area contributed by atoms with Crippen molar-refractivity contribution in [2.45, 2.75) is 26.2 Å². The Balaban J connectivity index is 1.97. The van der Waals surface area contributed by atoms with Crippen LogP contribution in [0.3, 0.4) is 0 Å². The molecule has 1 N–H and O–H groups in total. The largest absolute Gasteiger partial charge is 0.383 e. The van der Waals surface area contributed by atoms with Gasteiger partial charge in [-0.3, -0.25) is 0 Å². The van der Waals surface area contributed by atoms with Crippen LogP contribution in [0.5, 0.6) is 0 Å². The van der Waals surface area contributed by atoms with Gasteiger partial charge >= 0.3 is 0 Å². The number of benzene rings is 2. The summed E-state index contributed by atoms with van der Waals surface area (Å²) in [6.45, 7) is 6.57. The Bertz CT molecular complexity index is 572. The summed E-state index contributed by atoms with van der Waals surface area (Å²) < 4.78 is 0. The van der Waals surface area contributed by atoms with Gasteiger partial charge in [0.25, 0.3) is 0 Å². The molecule has 0 bridgehead atoms. The molecule has 0 fully saturated rings. The first kappa shape index (κ1) is 13.0. The second-order valence-electron chi connectivity index (χ2n) is 5.70. The molecule has 1 aliphatic heterocycles. The maximum absolute atomic E-state index is 3.51. The highest BCUT2D eigenvalue weighted by atomic mass is 15.2. The smallest absolute Gasteiger partial charge is 0.0646 e. The van der Waals surface area contributed by atoms with Crippen molar-refractivity contribution in [2.24, 2.45) is 0 Å². The summed E-state index contributed by atoms with van der Waals surface area (Å²) in [5, 5.41) is 3.51. The minimum Gasteiger partial charge on any atom is -0.383 e. The van der Waals surface area contributed by atoms with E-state index in [9.17, 15) is 0 Å². The van der Waals surface area contributed by atoms with E-state index in [0.717, 1.165) is 19.5 Å². The molecule has 0 aromatic heterocycles. The maximum Gasteiger partial charge on any atom is 0.0646 e. The van der Waals surface area contributed by atoms with Crippen molar-refractivity contribution in [1.82, 2.24) is 0 Å². The van der Waals surface area contributed by atoms with Crippen LogP contribution in [0.15, 0.2) is 48.5 Å². The number of hydrogen-bond donors (Lipinski definition) is 1. The quantitative estimate of drug-likeness (QED) is 0.842. The second kappa shape index (κ2) is 5.58. The molecule has 0 atom stereocenters. The van der Waals surface area contributed by atoms with Gasteiger partial charge in [0.05, 0.1) is 11.4 Å². The number of hydrogen-bond acceptors (Lipinski definition) is 2. The standard InChI is InChI=1S/C18H22N2/c1-14(2)15-8-10-16(11-9-15)20-13-5-12-19-17-6-3-4-7-18(17)20/h3-4,6-11,14,19H,5,12-13H2,1-2H3. The first-order valence-electron chi connectivity index (χ1n) is 7.46. The van der Waals surface area contributed by atoms with Crippen LogP contribution in [-0.4, -0.2) is 13.1 Å². The van der Waals surface area contributed by atoms with Gasteiger partial charge in [0.1, 0.15) is 0 Å². The second-order valence-corrected chi connectivity index (χ2v) is 5.70. The highest BCUT2D eigenvalue weighted by molar-refractivity contribution is 5.77. The van der Waals surface area contributed by atoms with E-state index in [-0.39, 0.29) is 0 Å². The van der Waals surface area contributed by atoms with Crippen LogP contribution in [0.2, 0.25) is 0 Å². The molecule has 1 heterocycles. The summed E-state index contributed by atoms with van der Waals surface area (Å²) in [7, 11) is 0. The van der Waals surface area contributed by atoms with Gasteiger partial charge in [-0.1, -0.05) is 38.1 Å². The van der Waals surface area contributed by atoms with Crippen LogP contribution in [-0.2, 0) is 0 Å². The summed E-state index contributed by atoms with van der Waals surface area (Å²) in [5.74, 6) is 0.585. The van der Waals surface area contributed by atoms with Gasteiger partial charge in [0, 0.05) is 18.8 Å². The van der Waals surface area contributed by atoms with E-state index >= 15 is 0 Å². The van der Waals surface area contributed by atoms with Crippen molar-refractivity contribution >= 4 is 17.1 Å². The van der Waals surface area contributed by atoms with Crippen molar-refractivity contribution in [3.8, 4) is 0 Å². The number of para-hydroxylation sites is 2. The average molecular weight is 266 g/mol. The molecule has 0 amide bonds. The Kier molecular flexibility index (Phi) is 3.64. The number of fused-ring (bicyclic) bond motifs is 1. The summed E-state index contributed by atoms with van der Waals surface area (Å²) in [6, 6.07) is 17.6. The van der Waals surface area contributed by atoms with Crippen molar-refractivity contribution in [1.29, 1.82) is 0 Å². The normalized spacial score (nSPS) is 14.7. The highest BCUT2D eigenvalue weighted by Crippen LogP contribution is 2.34. The lowest BCUT2D eigenvalue weighted by atomic mass is 10.0. The molecule has 1 aliphatic rings. The molecule has 2 nitrogen and oxygen atoms in total. The molecular weight excluding hydrogens is 244 g/mol. The third-order valence-electron chi connectivity index (χ3n) is 3.94. The summed E-state index contributed by atoms with van der Waals surface area (Å²) in [4.78, 5) is 2.42. The molecule has 2 aromatic carbocycles. The minimum absolute atomic E-state index is 0.585. The predicted octanol–water partition coefficient (Wildman–Crippen LogP) is 4.76. The third kappa shape index (κ3) is 2.51. The van der Waals surface area contributed by atoms with Gasteiger partial charge in [-0.2, -0.15) is 0 Å². The monoisotopic (exact) mass is 266 g/mol. The summed E-state index contributed by atoms with van der Waals surface area (Å²) in [5.41, 5.74) is 5.20. The molecule has 0 aliphatic carbocycles. The van der Waals surface area contributed by atoms with Crippen molar-refractivity contribution < 1.29 is 0 Å². The zero-order valence-corrected chi connectivity index (χ0v) is 12.3. The van der Waals surface area contributed by atoms with Crippen molar-refractivity contribution in [3.05, 3.63) is 54.1 Å². The lowest BCUT2D eigenvalue weighted by Gasteiger charge is -2.25. The van der Waals surface area contributed by atoms with Gasteiger partial charge < -0.3 is 10.2 Å². The average Bonchev–Trinajstić information content (AvgIpc) is 2.69. The molecular formula is C18H22N2. The zero-order chi connectivity index (χ0) is 13.9. The minimum atomic E-state index is 0.585. The predicted molar refractivity (Wildman–Crippen MR) is 87.1 cm³/mol. The highest BCUT2D eigenvalue weighted by Gasteiger charge is 2.15. The van der Waals surface area contributed by atoms with E-state index in [0.29, 0.717) is 5.92 Å². The number of nitrogens with one attached hydrogen (secondary N) is 1. The lowest BCUT2D eigenvalue weighted by Crippen LogP contribution is -2.17. The van der Waals surface area contributed by atoms with Gasteiger partial charge in [0.2, 0.25) is 0 Å². The Hall–Kier alpha value is -1.96. The van der Waals surface area contributed by atoms with Crippen LogP contribution in [0.4, 0.5) is 17.1 Å². The fourth-order valence-electron chi connectivity index (χ4n) is 2.75. The lowest BCUT2D eigenvalue weighted by molar-refractivity contribution is 0.855. The number of nitrogens with zero attached hydrogens (tertiary/aromatic N) is 1. The van der Waals surface area contributed by atoms with E-state index < -0.39 is 0 Å². The molecule has 0 unspecified atom stereocenters. The molecule has 0 saturated heterocycles. The molecule has 3 rings (SSSR count). The van der Waals surface area contributed by atoms with Crippen LogP contribution in [0.25, 0.3) is 0 Å². The zero-order valence-electron chi connectivity index (χ0n) is 12.3. The maximum atomic E-state index is 3.51. The Morgan fingerprint density at radius 1 is 1.00 bits per heavy atom. The molecule has 0 spiro atoms. The van der Waals surface area contributed by atoms with E-state index in [1.807, 2.05) is 0 Å². The first-order valence-corrected chi connectivity index (χ1v) is 7.46. The van der Waals surface area contributed by atoms with Gasteiger partial charge in [-0.05, 0) is 42.2 Å².